The van der Waals surface area contributed by atoms with Gasteiger partial charge in [-0.2, -0.15) is 26.7 Å². The Hall–Kier alpha value is -1.08. The molecule has 0 bridgehead atoms. The van der Waals surface area contributed by atoms with Crippen LogP contribution < -0.4 is 16.4 Å². The van der Waals surface area contributed by atoms with Crippen LogP contribution in [0, 0.1) is 5.92 Å². The summed E-state index contributed by atoms with van der Waals surface area (Å²) in [6, 6.07) is 0. The molecule has 0 spiro atoms. The Labute approximate surface area is 106 Å². The molecule has 0 aliphatic heterocycles. The second kappa shape index (κ2) is 6.61. The Balaban J connectivity index is 2.59. The molecule has 4 N–H and O–H groups in total. The summed E-state index contributed by atoms with van der Waals surface area (Å²) in [6.07, 6.45) is 0. The maximum Gasteiger partial charge on any atom is 0.229 e. The summed E-state index contributed by atoms with van der Waals surface area (Å²) in [5.74, 6) is 3.83. The van der Waals surface area contributed by atoms with E-state index in [-0.39, 0.29) is 5.95 Å². The number of rotatable bonds is 6. The Morgan fingerprint density at radius 1 is 1.29 bits per heavy atom. The molecule has 0 saturated heterocycles. The summed E-state index contributed by atoms with van der Waals surface area (Å²) in [5, 5.41) is 0. The van der Waals surface area contributed by atoms with Crippen LogP contribution in [-0.2, 0) is 5.75 Å². The highest BCUT2D eigenvalue weighted by Gasteiger charge is 2.07. The van der Waals surface area contributed by atoms with Crippen LogP contribution in [-0.4, -0.2) is 41.3 Å². The van der Waals surface area contributed by atoms with Crippen LogP contribution in [0.15, 0.2) is 0 Å². The second-order valence-corrected chi connectivity index (χ2v) is 5.19. The molecule has 0 fully saturated rings. The van der Waals surface area contributed by atoms with Gasteiger partial charge in [-0.15, -0.1) is 0 Å². The predicted molar refractivity (Wildman–Crippen MR) is 72.9 cm³/mol. The summed E-state index contributed by atoms with van der Waals surface area (Å²) in [5.41, 5.74) is 11.2. The quantitative estimate of drug-likeness (QED) is 0.758. The molecule has 1 aromatic heterocycles. The molecule has 7 heteroatoms. The van der Waals surface area contributed by atoms with E-state index in [0.717, 1.165) is 17.3 Å². The highest BCUT2D eigenvalue weighted by atomic mass is 32.2. The lowest BCUT2D eigenvalue weighted by Gasteiger charge is -2.11. The number of nitrogen functional groups attached to an aromatic ring is 1. The van der Waals surface area contributed by atoms with Gasteiger partial charge in [0.25, 0.3) is 0 Å². The molecule has 0 aromatic carbocycles. The van der Waals surface area contributed by atoms with Crippen molar-refractivity contribution in [3.05, 3.63) is 5.82 Å². The molecule has 1 atom stereocenters. The fraction of sp³-hybridized carbons (Fsp3) is 0.700. The van der Waals surface area contributed by atoms with Crippen molar-refractivity contribution < 1.29 is 0 Å². The average molecular weight is 256 g/mol. The van der Waals surface area contributed by atoms with E-state index in [1.165, 1.54) is 0 Å². The third-order valence-electron chi connectivity index (χ3n) is 2.12. The Bertz CT molecular complexity index is 357. The Kier molecular flexibility index (Phi) is 5.43. The van der Waals surface area contributed by atoms with Crippen molar-refractivity contribution in [2.75, 3.05) is 37.0 Å². The van der Waals surface area contributed by atoms with Crippen molar-refractivity contribution in [2.45, 2.75) is 12.7 Å². The van der Waals surface area contributed by atoms with E-state index < -0.39 is 0 Å². The van der Waals surface area contributed by atoms with Gasteiger partial charge in [-0.25, -0.2) is 0 Å². The smallest absolute Gasteiger partial charge is 0.229 e. The molecule has 0 radical (unpaired) electrons. The van der Waals surface area contributed by atoms with Gasteiger partial charge in [0.2, 0.25) is 11.9 Å². The maximum atomic E-state index is 5.64. The molecular formula is C10H20N6S. The zero-order valence-electron chi connectivity index (χ0n) is 10.6. The molecule has 6 nitrogen and oxygen atoms in total. The lowest BCUT2D eigenvalue weighted by atomic mass is 10.2. The number of hydrogen-bond acceptors (Lipinski definition) is 7. The molecule has 1 heterocycles. The average Bonchev–Trinajstić information content (AvgIpc) is 2.28. The van der Waals surface area contributed by atoms with E-state index in [4.69, 9.17) is 11.5 Å². The zero-order chi connectivity index (χ0) is 12.8. The predicted octanol–water partition coefficient (Wildman–Crippen LogP) is 0.348. The third kappa shape index (κ3) is 4.74. The number of hydrogen-bond donors (Lipinski definition) is 2. The number of anilines is 2. The molecule has 0 aliphatic rings. The van der Waals surface area contributed by atoms with Gasteiger partial charge in [-0.3, -0.25) is 0 Å². The highest BCUT2D eigenvalue weighted by Crippen LogP contribution is 2.14. The van der Waals surface area contributed by atoms with E-state index in [2.05, 4.69) is 21.9 Å². The van der Waals surface area contributed by atoms with E-state index in [0.29, 0.717) is 18.4 Å². The topological polar surface area (TPSA) is 93.9 Å². The van der Waals surface area contributed by atoms with E-state index in [9.17, 15) is 0 Å². The first kappa shape index (κ1) is 14.0. The SMILES string of the molecule is CC(CN)CSCc1nc(N)nc(N(C)C)n1. The van der Waals surface area contributed by atoms with Gasteiger partial charge < -0.3 is 16.4 Å². The van der Waals surface area contributed by atoms with Crippen LogP contribution in [0.1, 0.15) is 12.7 Å². The maximum absolute atomic E-state index is 5.64. The Morgan fingerprint density at radius 2 is 2.00 bits per heavy atom. The summed E-state index contributed by atoms with van der Waals surface area (Å²) in [4.78, 5) is 14.3. The van der Waals surface area contributed by atoms with Crippen molar-refractivity contribution in [2.24, 2.45) is 11.7 Å². The molecule has 1 aromatic rings. The van der Waals surface area contributed by atoms with Crippen molar-refractivity contribution >= 4 is 23.7 Å². The fourth-order valence-corrected chi connectivity index (χ4v) is 2.08. The van der Waals surface area contributed by atoms with Gasteiger partial charge in [0, 0.05) is 14.1 Å². The second-order valence-electron chi connectivity index (χ2n) is 4.16. The van der Waals surface area contributed by atoms with E-state index in [1.54, 1.807) is 11.8 Å². The summed E-state index contributed by atoms with van der Waals surface area (Å²) < 4.78 is 0. The number of aromatic nitrogens is 3. The van der Waals surface area contributed by atoms with Crippen molar-refractivity contribution in [3.8, 4) is 0 Å². The first-order valence-electron chi connectivity index (χ1n) is 5.48. The number of nitrogens with zero attached hydrogens (tertiary/aromatic N) is 4. The van der Waals surface area contributed by atoms with Crippen LogP contribution in [0.3, 0.4) is 0 Å². The molecular weight excluding hydrogens is 236 g/mol. The lowest BCUT2D eigenvalue weighted by molar-refractivity contribution is 0.675. The zero-order valence-corrected chi connectivity index (χ0v) is 11.4. The summed E-state index contributed by atoms with van der Waals surface area (Å²) in [7, 11) is 3.75. The summed E-state index contributed by atoms with van der Waals surface area (Å²) in [6.45, 7) is 2.83. The lowest BCUT2D eigenvalue weighted by Crippen LogP contribution is -2.16. The highest BCUT2D eigenvalue weighted by molar-refractivity contribution is 7.98. The normalized spacial score (nSPS) is 12.5. The third-order valence-corrected chi connectivity index (χ3v) is 3.39. The Morgan fingerprint density at radius 3 is 2.59 bits per heavy atom. The number of nitrogens with two attached hydrogens (primary N) is 2. The largest absolute Gasteiger partial charge is 0.368 e. The van der Waals surface area contributed by atoms with Crippen LogP contribution in [0.25, 0.3) is 0 Å². The standard InChI is InChI=1S/C10H20N6S/c1-7(4-11)5-17-6-8-13-9(12)15-10(14-8)16(2)3/h7H,4-6,11H2,1-3H3,(H2,12,13,14,15). The van der Waals surface area contributed by atoms with Crippen molar-refractivity contribution in [1.82, 2.24) is 15.0 Å². The van der Waals surface area contributed by atoms with Crippen LogP contribution in [0.2, 0.25) is 0 Å². The first-order valence-corrected chi connectivity index (χ1v) is 6.64. The molecule has 0 amide bonds. The molecule has 1 unspecified atom stereocenters. The minimum atomic E-state index is 0.270. The molecule has 96 valence electrons. The minimum absolute atomic E-state index is 0.270. The van der Waals surface area contributed by atoms with E-state index in [1.807, 2.05) is 19.0 Å². The molecule has 0 aliphatic carbocycles. The number of thioether (sulfide) groups is 1. The van der Waals surface area contributed by atoms with Crippen LogP contribution >= 0.6 is 11.8 Å². The fourth-order valence-electron chi connectivity index (χ4n) is 1.11. The first-order chi connectivity index (χ1) is 8.02. The van der Waals surface area contributed by atoms with Crippen LogP contribution in [0.5, 0.6) is 0 Å². The van der Waals surface area contributed by atoms with E-state index >= 15 is 0 Å². The van der Waals surface area contributed by atoms with Gasteiger partial charge in [-0.05, 0) is 18.2 Å². The van der Waals surface area contributed by atoms with Gasteiger partial charge in [0.05, 0.1) is 5.75 Å². The minimum Gasteiger partial charge on any atom is -0.368 e. The van der Waals surface area contributed by atoms with Gasteiger partial charge >= 0.3 is 0 Å². The van der Waals surface area contributed by atoms with Gasteiger partial charge in [0.1, 0.15) is 5.82 Å². The monoisotopic (exact) mass is 256 g/mol. The van der Waals surface area contributed by atoms with Gasteiger partial charge in [-0.1, -0.05) is 6.92 Å². The summed E-state index contributed by atoms with van der Waals surface area (Å²) >= 11 is 1.76. The molecule has 0 saturated carbocycles. The van der Waals surface area contributed by atoms with Crippen molar-refractivity contribution in [3.63, 3.8) is 0 Å². The van der Waals surface area contributed by atoms with Gasteiger partial charge in [0.15, 0.2) is 0 Å². The van der Waals surface area contributed by atoms with Crippen LogP contribution in [0.4, 0.5) is 11.9 Å². The van der Waals surface area contributed by atoms with Crippen molar-refractivity contribution in [1.29, 1.82) is 0 Å². The molecule has 1 rings (SSSR count). The molecule has 17 heavy (non-hydrogen) atoms.